The Bertz CT molecular complexity index is 244. The molecule has 0 aliphatic heterocycles. The van der Waals surface area contributed by atoms with Crippen LogP contribution in [0.3, 0.4) is 0 Å². The zero-order valence-electron chi connectivity index (χ0n) is 8.59. The third-order valence-corrected chi connectivity index (χ3v) is 1.41. The molecule has 0 aliphatic rings. The molecule has 0 heterocycles. The van der Waals surface area contributed by atoms with Crippen molar-refractivity contribution < 1.29 is 19.1 Å². The lowest BCUT2D eigenvalue weighted by atomic mass is 10.1. The Morgan fingerprint density at radius 3 is 1.71 bits per heavy atom. The van der Waals surface area contributed by atoms with Gasteiger partial charge in [-0.05, 0) is 19.9 Å². The fourth-order valence-electron chi connectivity index (χ4n) is 0.764. The van der Waals surface area contributed by atoms with E-state index in [0.717, 1.165) is 0 Å². The van der Waals surface area contributed by atoms with Crippen LogP contribution in [0.2, 0.25) is 0 Å². The molecule has 0 saturated heterocycles. The lowest BCUT2D eigenvalue weighted by molar-refractivity contribution is -0.144. The van der Waals surface area contributed by atoms with E-state index in [1.165, 1.54) is 20.3 Å². The number of methoxy groups -OCH3 is 2. The number of carbonyl (C=O) groups is 2. The lowest BCUT2D eigenvalue weighted by Crippen LogP contribution is -2.19. The average molecular weight is 221 g/mol. The summed E-state index contributed by atoms with van der Waals surface area (Å²) in [5.74, 6) is -1.52. The van der Waals surface area contributed by atoms with Gasteiger partial charge in [-0.1, -0.05) is 0 Å². The standard InChI is InChI=1S/C9H13ClO4/c1-9(2,10)5-6(7(11)13-3)8(12)14-4/h5H,1-4H3. The number of hydrogen-bond donors (Lipinski definition) is 0. The topological polar surface area (TPSA) is 52.6 Å². The summed E-state index contributed by atoms with van der Waals surface area (Å²) < 4.78 is 8.83. The van der Waals surface area contributed by atoms with E-state index in [4.69, 9.17) is 11.6 Å². The minimum Gasteiger partial charge on any atom is -0.465 e. The SMILES string of the molecule is COC(=O)C(=CC(C)(C)Cl)C(=O)OC. The number of alkyl halides is 1. The van der Waals surface area contributed by atoms with Crippen LogP contribution in [-0.4, -0.2) is 31.0 Å². The molecule has 0 rings (SSSR count). The molecule has 14 heavy (non-hydrogen) atoms. The smallest absolute Gasteiger partial charge is 0.345 e. The van der Waals surface area contributed by atoms with Gasteiger partial charge in [0.2, 0.25) is 0 Å². The number of rotatable bonds is 3. The summed E-state index contributed by atoms with van der Waals surface area (Å²) in [6.45, 7) is 3.28. The van der Waals surface area contributed by atoms with E-state index in [9.17, 15) is 9.59 Å². The van der Waals surface area contributed by atoms with E-state index in [1.54, 1.807) is 13.8 Å². The molecule has 0 spiro atoms. The molecule has 0 amide bonds. The first-order chi connectivity index (χ1) is 6.31. The second-order valence-corrected chi connectivity index (χ2v) is 4.08. The second-order valence-electron chi connectivity index (χ2n) is 3.11. The summed E-state index contributed by atoms with van der Waals surface area (Å²) in [6, 6.07) is 0. The Labute approximate surface area is 87.8 Å². The molecule has 0 aromatic rings. The third kappa shape index (κ3) is 4.28. The van der Waals surface area contributed by atoms with Crippen LogP contribution in [0.4, 0.5) is 0 Å². The summed E-state index contributed by atoms with van der Waals surface area (Å²) in [6.07, 6.45) is 1.30. The summed E-state index contributed by atoms with van der Waals surface area (Å²) in [4.78, 5) is 21.5. The molecule has 0 radical (unpaired) electrons. The minimum atomic E-state index is -0.808. The maximum absolute atomic E-state index is 11.1. The summed E-state index contributed by atoms with van der Waals surface area (Å²) in [7, 11) is 2.36. The molecule has 80 valence electrons. The Morgan fingerprint density at radius 2 is 1.50 bits per heavy atom. The van der Waals surface area contributed by atoms with Crippen LogP contribution >= 0.6 is 11.6 Å². The lowest BCUT2D eigenvalue weighted by Gasteiger charge is -2.11. The fourth-order valence-corrected chi connectivity index (χ4v) is 0.873. The van der Waals surface area contributed by atoms with E-state index >= 15 is 0 Å². The molecule has 4 nitrogen and oxygen atoms in total. The number of esters is 2. The molecule has 0 fully saturated rings. The molecule has 0 atom stereocenters. The second kappa shape index (κ2) is 5.00. The van der Waals surface area contributed by atoms with Crippen molar-refractivity contribution in [2.45, 2.75) is 18.7 Å². The predicted octanol–water partition coefficient (Wildman–Crippen LogP) is 1.28. The van der Waals surface area contributed by atoms with Crippen LogP contribution in [0.15, 0.2) is 11.6 Å². The maximum atomic E-state index is 11.1. The molecular weight excluding hydrogens is 208 g/mol. The Hall–Kier alpha value is -1.03. The maximum Gasteiger partial charge on any atom is 0.345 e. The van der Waals surface area contributed by atoms with Crippen molar-refractivity contribution in [2.24, 2.45) is 0 Å². The molecule has 0 unspecified atom stereocenters. The monoisotopic (exact) mass is 220 g/mol. The minimum absolute atomic E-state index is 0.199. The average Bonchev–Trinajstić information content (AvgIpc) is 2.10. The highest BCUT2D eigenvalue weighted by Gasteiger charge is 2.23. The Balaban J connectivity index is 5.01. The molecule has 5 heteroatoms. The number of allylic oxidation sites excluding steroid dienone is 1. The predicted molar refractivity (Wildman–Crippen MR) is 52.0 cm³/mol. The first-order valence-corrected chi connectivity index (χ1v) is 4.28. The van der Waals surface area contributed by atoms with Crippen molar-refractivity contribution in [1.82, 2.24) is 0 Å². The van der Waals surface area contributed by atoms with Crippen LogP contribution in [0, 0.1) is 0 Å². The van der Waals surface area contributed by atoms with E-state index in [2.05, 4.69) is 9.47 Å². The van der Waals surface area contributed by atoms with E-state index in [1.807, 2.05) is 0 Å². The summed E-state index contributed by atoms with van der Waals surface area (Å²) in [5, 5.41) is 0. The van der Waals surface area contributed by atoms with Crippen molar-refractivity contribution in [3.8, 4) is 0 Å². The molecule has 0 saturated carbocycles. The van der Waals surface area contributed by atoms with Crippen molar-refractivity contribution >= 4 is 23.5 Å². The number of hydrogen-bond acceptors (Lipinski definition) is 4. The highest BCUT2D eigenvalue weighted by Crippen LogP contribution is 2.18. The van der Waals surface area contributed by atoms with Crippen LogP contribution in [0.1, 0.15) is 13.8 Å². The number of ether oxygens (including phenoxy) is 2. The van der Waals surface area contributed by atoms with E-state index in [0.29, 0.717) is 0 Å². The van der Waals surface area contributed by atoms with Gasteiger partial charge in [-0.3, -0.25) is 0 Å². The van der Waals surface area contributed by atoms with Gasteiger partial charge in [0.15, 0.2) is 0 Å². The van der Waals surface area contributed by atoms with Crippen molar-refractivity contribution in [1.29, 1.82) is 0 Å². The third-order valence-electron chi connectivity index (χ3n) is 1.30. The van der Waals surface area contributed by atoms with E-state index in [-0.39, 0.29) is 5.57 Å². The Morgan fingerprint density at radius 1 is 1.14 bits per heavy atom. The van der Waals surface area contributed by atoms with Gasteiger partial charge < -0.3 is 9.47 Å². The highest BCUT2D eigenvalue weighted by molar-refractivity contribution is 6.26. The van der Waals surface area contributed by atoms with Crippen molar-refractivity contribution in [2.75, 3.05) is 14.2 Å². The highest BCUT2D eigenvalue weighted by atomic mass is 35.5. The van der Waals surface area contributed by atoms with Crippen LogP contribution in [-0.2, 0) is 19.1 Å². The molecule has 0 N–H and O–H groups in total. The van der Waals surface area contributed by atoms with Crippen LogP contribution < -0.4 is 0 Å². The summed E-state index contributed by atoms with van der Waals surface area (Å²) >= 11 is 5.84. The van der Waals surface area contributed by atoms with Gasteiger partial charge in [0.05, 0.1) is 19.1 Å². The van der Waals surface area contributed by atoms with Gasteiger partial charge in [0.25, 0.3) is 0 Å². The molecule has 0 aromatic heterocycles. The number of carbonyl (C=O) groups excluding carboxylic acids is 2. The van der Waals surface area contributed by atoms with Gasteiger partial charge in [-0.15, -0.1) is 11.6 Å². The largest absolute Gasteiger partial charge is 0.465 e. The normalized spacial score (nSPS) is 10.4. The Kier molecular flexibility index (Phi) is 4.63. The molecule has 0 aliphatic carbocycles. The zero-order valence-corrected chi connectivity index (χ0v) is 9.34. The number of halogens is 1. The summed E-state index contributed by atoms with van der Waals surface area (Å²) in [5.41, 5.74) is -0.199. The van der Waals surface area contributed by atoms with Gasteiger partial charge in [0.1, 0.15) is 5.57 Å². The zero-order chi connectivity index (χ0) is 11.4. The van der Waals surface area contributed by atoms with Gasteiger partial charge >= 0.3 is 11.9 Å². The van der Waals surface area contributed by atoms with Gasteiger partial charge in [-0.25, -0.2) is 9.59 Å². The van der Waals surface area contributed by atoms with Crippen LogP contribution in [0.5, 0.6) is 0 Å². The molecule has 0 aromatic carbocycles. The first kappa shape index (κ1) is 13.0. The molecule has 0 bridgehead atoms. The van der Waals surface area contributed by atoms with E-state index < -0.39 is 16.8 Å². The quantitative estimate of drug-likeness (QED) is 0.236. The van der Waals surface area contributed by atoms with Crippen molar-refractivity contribution in [3.05, 3.63) is 11.6 Å². The van der Waals surface area contributed by atoms with Gasteiger partial charge in [0, 0.05) is 0 Å². The molecular formula is C9H13ClO4. The first-order valence-electron chi connectivity index (χ1n) is 3.90. The van der Waals surface area contributed by atoms with Crippen molar-refractivity contribution in [3.63, 3.8) is 0 Å². The van der Waals surface area contributed by atoms with Crippen LogP contribution in [0.25, 0.3) is 0 Å². The van der Waals surface area contributed by atoms with Gasteiger partial charge in [-0.2, -0.15) is 0 Å². The fraction of sp³-hybridized carbons (Fsp3) is 0.556.